The molecule has 1 aliphatic heterocycles. The summed E-state index contributed by atoms with van der Waals surface area (Å²) < 4.78 is 6.11. The summed E-state index contributed by atoms with van der Waals surface area (Å²) in [7, 11) is 0. The molecule has 0 atom stereocenters. The van der Waals surface area contributed by atoms with Crippen LogP contribution in [-0.2, 0) is 4.79 Å². The van der Waals surface area contributed by atoms with Crippen LogP contribution in [0.2, 0.25) is 0 Å². The second kappa shape index (κ2) is 6.71. The predicted molar refractivity (Wildman–Crippen MR) is 74.6 cm³/mol. The molecule has 1 aliphatic rings. The molecule has 4 heteroatoms. The van der Waals surface area contributed by atoms with Crippen molar-refractivity contribution in [2.45, 2.75) is 19.3 Å². The average molecular weight is 310 g/mol. The van der Waals surface area contributed by atoms with Crippen LogP contribution in [0.1, 0.15) is 19.3 Å². The maximum Gasteiger partial charge on any atom is 0.311 e. The molecular weight excluding hydrogens is 294 g/mol. The standard InChI is InChI=1S/C14H16BrNO2/c15-12-3-1-2-4-13(12)18-14(17)6-5-11-7-9-16-10-8-11/h1-4,7,16H,5-6,8-10H2. The van der Waals surface area contributed by atoms with Gasteiger partial charge in [0.15, 0.2) is 0 Å². The molecule has 0 spiro atoms. The molecule has 0 radical (unpaired) electrons. The summed E-state index contributed by atoms with van der Waals surface area (Å²) in [6.07, 6.45) is 4.43. The third kappa shape index (κ3) is 3.96. The van der Waals surface area contributed by atoms with Gasteiger partial charge in [0.1, 0.15) is 5.75 Å². The number of carbonyl (C=O) groups excluding carboxylic acids is 1. The maximum absolute atomic E-state index is 11.7. The molecule has 0 fully saturated rings. The van der Waals surface area contributed by atoms with Gasteiger partial charge in [0.2, 0.25) is 0 Å². The number of halogens is 1. The van der Waals surface area contributed by atoms with Crippen LogP contribution in [-0.4, -0.2) is 19.1 Å². The lowest BCUT2D eigenvalue weighted by Gasteiger charge is -2.13. The summed E-state index contributed by atoms with van der Waals surface area (Å²) in [5, 5.41) is 3.25. The van der Waals surface area contributed by atoms with Gasteiger partial charge in [0.05, 0.1) is 4.47 Å². The van der Waals surface area contributed by atoms with Crippen LogP contribution in [0.15, 0.2) is 40.4 Å². The Labute approximate surface area is 115 Å². The SMILES string of the molecule is O=C(CCC1=CCNCC1)Oc1ccccc1Br. The summed E-state index contributed by atoms with van der Waals surface area (Å²) in [5.74, 6) is 0.406. The minimum absolute atomic E-state index is 0.179. The minimum atomic E-state index is -0.179. The van der Waals surface area contributed by atoms with E-state index in [2.05, 4.69) is 27.3 Å². The fourth-order valence-electron chi connectivity index (χ4n) is 1.86. The fraction of sp³-hybridized carbons (Fsp3) is 0.357. The van der Waals surface area contributed by atoms with E-state index in [9.17, 15) is 4.79 Å². The van der Waals surface area contributed by atoms with E-state index in [1.807, 2.05) is 18.2 Å². The minimum Gasteiger partial charge on any atom is -0.425 e. The van der Waals surface area contributed by atoms with Gasteiger partial charge in [-0.3, -0.25) is 4.79 Å². The Morgan fingerprint density at radius 2 is 2.22 bits per heavy atom. The largest absolute Gasteiger partial charge is 0.425 e. The Bertz CT molecular complexity index is 457. The van der Waals surface area contributed by atoms with Crippen LogP contribution in [0, 0.1) is 0 Å². The van der Waals surface area contributed by atoms with E-state index in [1.165, 1.54) is 5.57 Å². The first-order chi connectivity index (χ1) is 8.75. The average Bonchev–Trinajstić information content (AvgIpc) is 2.40. The summed E-state index contributed by atoms with van der Waals surface area (Å²) in [5.41, 5.74) is 1.35. The van der Waals surface area contributed by atoms with Crippen LogP contribution in [0.3, 0.4) is 0 Å². The predicted octanol–water partition coefficient (Wildman–Crippen LogP) is 3.05. The Balaban J connectivity index is 1.82. The number of hydrogen-bond donors (Lipinski definition) is 1. The monoisotopic (exact) mass is 309 g/mol. The Morgan fingerprint density at radius 1 is 1.39 bits per heavy atom. The van der Waals surface area contributed by atoms with Gasteiger partial charge in [-0.2, -0.15) is 0 Å². The molecule has 1 heterocycles. The van der Waals surface area contributed by atoms with Gasteiger partial charge < -0.3 is 10.1 Å². The highest BCUT2D eigenvalue weighted by Crippen LogP contribution is 2.24. The summed E-state index contributed by atoms with van der Waals surface area (Å²) in [6, 6.07) is 7.38. The number of rotatable bonds is 4. The molecule has 1 aromatic rings. The Kier molecular flexibility index (Phi) is 4.96. The van der Waals surface area contributed by atoms with E-state index in [4.69, 9.17) is 4.74 Å². The number of esters is 1. The van der Waals surface area contributed by atoms with E-state index in [1.54, 1.807) is 6.07 Å². The van der Waals surface area contributed by atoms with Crippen molar-refractivity contribution < 1.29 is 9.53 Å². The molecule has 18 heavy (non-hydrogen) atoms. The zero-order chi connectivity index (χ0) is 12.8. The van der Waals surface area contributed by atoms with E-state index in [0.717, 1.165) is 30.4 Å². The highest BCUT2D eigenvalue weighted by molar-refractivity contribution is 9.10. The molecule has 0 unspecified atom stereocenters. The van der Waals surface area contributed by atoms with Crippen molar-refractivity contribution >= 4 is 21.9 Å². The molecule has 0 saturated heterocycles. The number of benzene rings is 1. The number of hydrogen-bond acceptors (Lipinski definition) is 3. The third-order valence-corrected chi connectivity index (χ3v) is 3.52. The van der Waals surface area contributed by atoms with Crippen molar-refractivity contribution in [1.29, 1.82) is 0 Å². The van der Waals surface area contributed by atoms with Crippen molar-refractivity contribution in [3.05, 3.63) is 40.4 Å². The van der Waals surface area contributed by atoms with Gasteiger partial charge in [0.25, 0.3) is 0 Å². The van der Waals surface area contributed by atoms with Crippen molar-refractivity contribution in [3.63, 3.8) is 0 Å². The van der Waals surface area contributed by atoms with Crippen LogP contribution >= 0.6 is 15.9 Å². The number of ether oxygens (including phenoxy) is 1. The third-order valence-electron chi connectivity index (χ3n) is 2.87. The molecular formula is C14H16BrNO2. The zero-order valence-corrected chi connectivity index (χ0v) is 11.7. The molecule has 2 rings (SSSR count). The normalized spacial score (nSPS) is 15.1. The lowest BCUT2D eigenvalue weighted by atomic mass is 10.0. The topological polar surface area (TPSA) is 38.3 Å². The number of nitrogens with one attached hydrogen (secondary N) is 1. The first kappa shape index (κ1) is 13.3. The summed E-state index contributed by atoms with van der Waals surface area (Å²) >= 11 is 3.36. The van der Waals surface area contributed by atoms with Crippen LogP contribution < -0.4 is 10.1 Å². The first-order valence-electron chi connectivity index (χ1n) is 6.09. The second-order valence-corrected chi connectivity index (χ2v) is 5.08. The Morgan fingerprint density at radius 3 is 2.94 bits per heavy atom. The van der Waals surface area contributed by atoms with Crippen molar-refractivity contribution in [2.24, 2.45) is 0 Å². The first-order valence-corrected chi connectivity index (χ1v) is 6.89. The highest BCUT2D eigenvalue weighted by atomic mass is 79.9. The molecule has 1 N–H and O–H groups in total. The van der Waals surface area contributed by atoms with E-state index in [0.29, 0.717) is 12.2 Å². The van der Waals surface area contributed by atoms with Gasteiger partial charge in [-0.15, -0.1) is 0 Å². The summed E-state index contributed by atoms with van der Waals surface area (Å²) in [4.78, 5) is 11.7. The molecule has 0 amide bonds. The zero-order valence-electron chi connectivity index (χ0n) is 10.1. The van der Waals surface area contributed by atoms with E-state index >= 15 is 0 Å². The van der Waals surface area contributed by atoms with Crippen LogP contribution in [0.5, 0.6) is 5.75 Å². The van der Waals surface area contributed by atoms with Gasteiger partial charge in [0, 0.05) is 13.0 Å². The van der Waals surface area contributed by atoms with Gasteiger partial charge >= 0.3 is 5.97 Å². The van der Waals surface area contributed by atoms with Gasteiger partial charge in [-0.25, -0.2) is 0 Å². The highest BCUT2D eigenvalue weighted by Gasteiger charge is 2.10. The van der Waals surface area contributed by atoms with Crippen molar-refractivity contribution in [2.75, 3.05) is 13.1 Å². The van der Waals surface area contributed by atoms with Gasteiger partial charge in [-0.1, -0.05) is 23.8 Å². The number of carbonyl (C=O) groups is 1. The maximum atomic E-state index is 11.7. The van der Waals surface area contributed by atoms with Gasteiger partial charge in [-0.05, 0) is 47.4 Å². The lowest BCUT2D eigenvalue weighted by molar-refractivity contribution is -0.134. The Hall–Kier alpha value is -1.13. The molecule has 0 aliphatic carbocycles. The van der Waals surface area contributed by atoms with Crippen LogP contribution in [0.25, 0.3) is 0 Å². The fourth-order valence-corrected chi connectivity index (χ4v) is 2.23. The van der Waals surface area contributed by atoms with Crippen LogP contribution in [0.4, 0.5) is 0 Å². The number of para-hydroxylation sites is 1. The molecule has 0 bridgehead atoms. The molecule has 96 valence electrons. The second-order valence-electron chi connectivity index (χ2n) is 4.22. The van der Waals surface area contributed by atoms with E-state index < -0.39 is 0 Å². The van der Waals surface area contributed by atoms with Crippen molar-refractivity contribution in [1.82, 2.24) is 5.32 Å². The molecule has 3 nitrogen and oxygen atoms in total. The molecule has 1 aromatic carbocycles. The quantitative estimate of drug-likeness (QED) is 0.528. The lowest BCUT2D eigenvalue weighted by Crippen LogP contribution is -2.21. The molecule has 0 aromatic heterocycles. The summed E-state index contributed by atoms with van der Waals surface area (Å²) in [6.45, 7) is 1.92. The molecule has 0 saturated carbocycles. The van der Waals surface area contributed by atoms with Crippen molar-refractivity contribution in [3.8, 4) is 5.75 Å². The smallest absolute Gasteiger partial charge is 0.311 e. The van der Waals surface area contributed by atoms with E-state index in [-0.39, 0.29) is 5.97 Å².